The molecule has 0 radical (unpaired) electrons. The van der Waals surface area contributed by atoms with Crippen molar-refractivity contribution in [2.24, 2.45) is 5.10 Å². The molecule has 106 valence electrons. The van der Waals surface area contributed by atoms with E-state index in [1.165, 1.54) is 11.3 Å². The van der Waals surface area contributed by atoms with Gasteiger partial charge in [-0.25, -0.2) is 4.98 Å². The van der Waals surface area contributed by atoms with Gasteiger partial charge in [0.15, 0.2) is 11.5 Å². The second-order valence-electron chi connectivity index (χ2n) is 3.67. The van der Waals surface area contributed by atoms with Gasteiger partial charge < -0.3 is 14.2 Å². The smallest absolute Gasteiger partial charge is 0.203 e. The summed E-state index contributed by atoms with van der Waals surface area (Å²) in [5.41, 5.74) is 3.66. The number of hydrogen-bond donors (Lipinski definition) is 1. The Hall–Kier alpha value is -2.28. The number of aromatic nitrogens is 1. The molecule has 7 heteroatoms. The summed E-state index contributed by atoms with van der Waals surface area (Å²) in [6.07, 6.45) is 3.37. The normalized spacial score (nSPS) is 10.6. The molecular weight excluding hydrogens is 278 g/mol. The third-order valence-electron chi connectivity index (χ3n) is 2.49. The zero-order chi connectivity index (χ0) is 14.4. The molecule has 0 bridgehead atoms. The van der Waals surface area contributed by atoms with Gasteiger partial charge in [0.05, 0.1) is 27.5 Å². The molecule has 1 N–H and O–H groups in total. The number of rotatable bonds is 6. The van der Waals surface area contributed by atoms with Crippen LogP contribution >= 0.6 is 11.3 Å². The maximum absolute atomic E-state index is 5.27. The quantitative estimate of drug-likeness (QED) is 0.655. The van der Waals surface area contributed by atoms with E-state index in [4.69, 9.17) is 14.2 Å². The lowest BCUT2D eigenvalue weighted by molar-refractivity contribution is 0.324. The van der Waals surface area contributed by atoms with E-state index in [1.54, 1.807) is 33.7 Å². The molecule has 0 saturated carbocycles. The Morgan fingerprint density at radius 2 is 1.85 bits per heavy atom. The number of nitrogens with zero attached hydrogens (tertiary/aromatic N) is 2. The molecule has 0 saturated heterocycles. The summed E-state index contributed by atoms with van der Waals surface area (Å²) >= 11 is 1.47. The van der Waals surface area contributed by atoms with Crippen LogP contribution < -0.4 is 19.6 Å². The van der Waals surface area contributed by atoms with Gasteiger partial charge in [-0.15, -0.1) is 11.3 Å². The second kappa shape index (κ2) is 6.76. The minimum atomic E-state index is 0.556. The van der Waals surface area contributed by atoms with Crippen LogP contribution in [0.2, 0.25) is 0 Å². The van der Waals surface area contributed by atoms with Gasteiger partial charge in [0.25, 0.3) is 0 Å². The van der Waals surface area contributed by atoms with E-state index in [9.17, 15) is 0 Å². The fraction of sp³-hybridized carbons (Fsp3) is 0.231. The molecule has 0 atom stereocenters. The predicted molar refractivity (Wildman–Crippen MR) is 79.4 cm³/mol. The summed E-state index contributed by atoms with van der Waals surface area (Å²) in [6.45, 7) is 0. The van der Waals surface area contributed by atoms with E-state index in [0.717, 1.165) is 10.7 Å². The molecule has 1 heterocycles. The minimum absolute atomic E-state index is 0.556. The van der Waals surface area contributed by atoms with E-state index >= 15 is 0 Å². The van der Waals surface area contributed by atoms with Gasteiger partial charge in [0.1, 0.15) is 0 Å². The highest BCUT2D eigenvalue weighted by Crippen LogP contribution is 2.37. The van der Waals surface area contributed by atoms with E-state index < -0.39 is 0 Å². The zero-order valence-corrected chi connectivity index (χ0v) is 12.2. The highest BCUT2D eigenvalue weighted by molar-refractivity contribution is 7.13. The average molecular weight is 293 g/mol. The Morgan fingerprint density at radius 3 is 2.35 bits per heavy atom. The van der Waals surface area contributed by atoms with Crippen molar-refractivity contribution < 1.29 is 14.2 Å². The molecule has 20 heavy (non-hydrogen) atoms. The monoisotopic (exact) mass is 293 g/mol. The van der Waals surface area contributed by atoms with Crippen LogP contribution in [-0.4, -0.2) is 32.5 Å². The predicted octanol–water partition coefficient (Wildman–Crippen LogP) is 2.61. The SMILES string of the molecule is COc1cc(/C=N/Nc2nccs2)cc(OC)c1OC. The molecule has 1 aromatic heterocycles. The highest BCUT2D eigenvalue weighted by Gasteiger charge is 2.12. The van der Waals surface area contributed by atoms with Crippen molar-refractivity contribution in [2.45, 2.75) is 0 Å². The van der Waals surface area contributed by atoms with Crippen LogP contribution in [0.4, 0.5) is 5.13 Å². The molecule has 6 nitrogen and oxygen atoms in total. The lowest BCUT2D eigenvalue weighted by Gasteiger charge is -2.12. The van der Waals surface area contributed by atoms with Crippen molar-refractivity contribution >= 4 is 22.7 Å². The van der Waals surface area contributed by atoms with Crippen LogP contribution in [0.5, 0.6) is 17.2 Å². The molecule has 0 aliphatic heterocycles. The summed E-state index contributed by atoms with van der Waals surface area (Å²) in [5.74, 6) is 1.73. The number of hydrogen-bond acceptors (Lipinski definition) is 7. The molecular formula is C13H15N3O3S. The Bertz CT molecular complexity index is 560. The van der Waals surface area contributed by atoms with Gasteiger partial charge in [0, 0.05) is 17.1 Å². The standard InChI is InChI=1S/C13H15N3O3S/c1-17-10-6-9(7-11(18-2)12(10)19-3)8-15-16-13-14-4-5-20-13/h4-8H,1-3H3,(H,14,16)/b15-8+. The Morgan fingerprint density at radius 1 is 1.15 bits per heavy atom. The topological polar surface area (TPSA) is 65.0 Å². The van der Waals surface area contributed by atoms with Gasteiger partial charge in [-0.2, -0.15) is 5.10 Å². The summed E-state index contributed by atoms with van der Waals surface area (Å²) < 4.78 is 15.8. The van der Waals surface area contributed by atoms with Crippen LogP contribution in [0.25, 0.3) is 0 Å². The number of anilines is 1. The van der Waals surface area contributed by atoms with Crippen molar-refractivity contribution in [3.05, 3.63) is 29.3 Å². The van der Waals surface area contributed by atoms with Crippen LogP contribution in [0.15, 0.2) is 28.8 Å². The van der Waals surface area contributed by atoms with Gasteiger partial charge >= 0.3 is 0 Å². The maximum atomic E-state index is 5.27. The van der Waals surface area contributed by atoms with E-state index in [0.29, 0.717) is 17.2 Å². The van der Waals surface area contributed by atoms with Crippen molar-refractivity contribution in [1.82, 2.24) is 4.98 Å². The van der Waals surface area contributed by atoms with Gasteiger partial charge in [-0.05, 0) is 12.1 Å². The summed E-state index contributed by atoms with van der Waals surface area (Å²) in [5, 5.41) is 6.71. The van der Waals surface area contributed by atoms with E-state index in [-0.39, 0.29) is 0 Å². The third-order valence-corrected chi connectivity index (χ3v) is 3.17. The number of nitrogens with one attached hydrogen (secondary N) is 1. The fourth-order valence-corrected chi connectivity index (χ4v) is 2.09. The van der Waals surface area contributed by atoms with E-state index in [1.807, 2.05) is 17.5 Å². The molecule has 0 fully saturated rings. The summed E-state index contributed by atoms with van der Waals surface area (Å²) in [6, 6.07) is 3.63. The van der Waals surface area contributed by atoms with Crippen LogP contribution in [0.3, 0.4) is 0 Å². The Balaban J connectivity index is 2.21. The average Bonchev–Trinajstić information content (AvgIpc) is 2.99. The lowest BCUT2D eigenvalue weighted by atomic mass is 10.2. The minimum Gasteiger partial charge on any atom is -0.493 e. The second-order valence-corrected chi connectivity index (χ2v) is 4.56. The summed E-state index contributed by atoms with van der Waals surface area (Å²) in [4.78, 5) is 4.07. The third kappa shape index (κ3) is 3.18. The molecule has 0 aliphatic rings. The van der Waals surface area contributed by atoms with Crippen molar-refractivity contribution in [3.8, 4) is 17.2 Å². The Labute approximate surface area is 121 Å². The van der Waals surface area contributed by atoms with Gasteiger partial charge in [-0.3, -0.25) is 5.43 Å². The Kier molecular flexibility index (Phi) is 4.78. The number of hydrazone groups is 1. The molecule has 1 aromatic carbocycles. The van der Waals surface area contributed by atoms with Gasteiger partial charge in [-0.1, -0.05) is 0 Å². The molecule has 0 amide bonds. The molecule has 0 spiro atoms. The van der Waals surface area contributed by atoms with Crippen LogP contribution in [0, 0.1) is 0 Å². The number of methoxy groups -OCH3 is 3. The van der Waals surface area contributed by atoms with Crippen molar-refractivity contribution in [2.75, 3.05) is 26.8 Å². The molecule has 0 aliphatic carbocycles. The van der Waals surface area contributed by atoms with Gasteiger partial charge in [0.2, 0.25) is 10.9 Å². The first-order chi connectivity index (χ1) is 9.78. The number of thiazole rings is 1. The first kappa shape index (κ1) is 14.1. The first-order valence-electron chi connectivity index (χ1n) is 5.77. The zero-order valence-electron chi connectivity index (χ0n) is 11.4. The first-order valence-corrected chi connectivity index (χ1v) is 6.65. The van der Waals surface area contributed by atoms with E-state index in [2.05, 4.69) is 15.5 Å². The lowest BCUT2D eigenvalue weighted by Crippen LogP contribution is -1.97. The van der Waals surface area contributed by atoms with Crippen molar-refractivity contribution in [1.29, 1.82) is 0 Å². The molecule has 0 unspecified atom stereocenters. The summed E-state index contributed by atoms with van der Waals surface area (Å²) in [7, 11) is 4.72. The fourth-order valence-electron chi connectivity index (χ4n) is 1.62. The van der Waals surface area contributed by atoms with Crippen LogP contribution in [-0.2, 0) is 0 Å². The largest absolute Gasteiger partial charge is 0.493 e. The van der Waals surface area contributed by atoms with Crippen LogP contribution in [0.1, 0.15) is 5.56 Å². The number of benzene rings is 1. The number of ether oxygens (including phenoxy) is 3. The maximum Gasteiger partial charge on any atom is 0.203 e. The molecule has 2 aromatic rings. The van der Waals surface area contributed by atoms with Crippen molar-refractivity contribution in [3.63, 3.8) is 0 Å². The highest BCUT2D eigenvalue weighted by atomic mass is 32.1. The molecule has 2 rings (SSSR count).